The van der Waals surface area contributed by atoms with E-state index in [1.165, 1.54) is 11.8 Å². The molecule has 0 N–H and O–H groups in total. The molecule has 2 aromatic rings. The molecule has 158 valence electrons. The van der Waals surface area contributed by atoms with Crippen LogP contribution in [0.25, 0.3) is 5.69 Å². The normalized spacial score (nSPS) is 11.7. The third kappa shape index (κ3) is 6.20. The van der Waals surface area contributed by atoms with Crippen LogP contribution in [0.1, 0.15) is 31.6 Å². The fourth-order valence-corrected chi connectivity index (χ4v) is 3.65. The molecule has 1 aromatic carbocycles. The van der Waals surface area contributed by atoms with E-state index >= 15 is 0 Å². The molecule has 0 spiro atoms. The molecular formula is C20H24ClN7OS. The molecule has 1 unspecified atom stereocenters. The summed E-state index contributed by atoms with van der Waals surface area (Å²) in [4.78, 5) is 16.2. The zero-order valence-electron chi connectivity index (χ0n) is 17.2. The van der Waals surface area contributed by atoms with E-state index in [0.717, 1.165) is 11.5 Å². The second kappa shape index (κ2) is 11.6. The van der Waals surface area contributed by atoms with Gasteiger partial charge in [0.2, 0.25) is 5.91 Å². The van der Waals surface area contributed by atoms with Crippen molar-refractivity contribution in [3.63, 3.8) is 0 Å². The van der Waals surface area contributed by atoms with E-state index in [2.05, 4.69) is 10.2 Å². The minimum atomic E-state index is -0.140. The lowest BCUT2D eigenvalue weighted by Gasteiger charge is -2.21. The Balaban J connectivity index is 2.26. The van der Waals surface area contributed by atoms with Crippen molar-refractivity contribution in [1.82, 2.24) is 24.6 Å². The monoisotopic (exact) mass is 445 g/mol. The molecule has 1 amide bonds. The van der Waals surface area contributed by atoms with Crippen LogP contribution >= 0.6 is 23.4 Å². The molecule has 30 heavy (non-hydrogen) atoms. The van der Waals surface area contributed by atoms with Crippen molar-refractivity contribution in [3.8, 4) is 17.8 Å². The molecule has 0 bridgehead atoms. The standard InChI is InChI=1S/C20H24ClN7OS/c1-15(26(2)3)19-24-25-20(28(19)17-8-6-16(21)7-9-17)30-14-18(29)27(12-4-10-22)13-5-11-23/h6-9,15H,4-5,12-14H2,1-3H3. The molecule has 1 heterocycles. The Morgan fingerprint density at radius 3 is 2.30 bits per heavy atom. The third-order valence-electron chi connectivity index (χ3n) is 4.56. The van der Waals surface area contributed by atoms with E-state index in [-0.39, 0.29) is 30.5 Å². The van der Waals surface area contributed by atoms with Gasteiger partial charge in [0.05, 0.1) is 36.8 Å². The number of hydrogen-bond donors (Lipinski definition) is 0. The predicted octanol–water partition coefficient (Wildman–Crippen LogP) is 3.29. The minimum absolute atomic E-state index is 0.000912. The largest absolute Gasteiger partial charge is 0.340 e. The molecule has 1 atom stereocenters. The Hall–Kier alpha value is -2.59. The summed E-state index contributed by atoms with van der Waals surface area (Å²) in [5, 5.41) is 27.5. The second-order valence-electron chi connectivity index (χ2n) is 6.78. The number of carbonyl (C=O) groups is 1. The molecule has 0 fully saturated rings. The van der Waals surface area contributed by atoms with Gasteiger partial charge < -0.3 is 4.90 Å². The van der Waals surface area contributed by atoms with Crippen molar-refractivity contribution < 1.29 is 4.79 Å². The Labute approximate surface area is 186 Å². The molecule has 0 saturated heterocycles. The first-order chi connectivity index (χ1) is 14.4. The Morgan fingerprint density at radius 2 is 1.77 bits per heavy atom. The van der Waals surface area contributed by atoms with E-state index in [1.807, 2.05) is 54.8 Å². The van der Waals surface area contributed by atoms with Gasteiger partial charge in [-0.25, -0.2) is 0 Å². The van der Waals surface area contributed by atoms with Crippen molar-refractivity contribution >= 4 is 29.3 Å². The first-order valence-corrected chi connectivity index (χ1v) is 10.8. The van der Waals surface area contributed by atoms with Crippen LogP contribution in [-0.2, 0) is 4.79 Å². The van der Waals surface area contributed by atoms with Crippen molar-refractivity contribution in [2.24, 2.45) is 0 Å². The Kier molecular flexibility index (Phi) is 9.13. The Bertz CT molecular complexity index is 912. The molecule has 10 heteroatoms. The van der Waals surface area contributed by atoms with E-state index < -0.39 is 0 Å². The van der Waals surface area contributed by atoms with E-state index in [0.29, 0.717) is 23.3 Å². The summed E-state index contributed by atoms with van der Waals surface area (Å²) in [5.74, 6) is 0.750. The van der Waals surface area contributed by atoms with Crippen LogP contribution < -0.4 is 0 Å². The van der Waals surface area contributed by atoms with Crippen LogP contribution in [0.3, 0.4) is 0 Å². The number of amides is 1. The summed E-state index contributed by atoms with van der Waals surface area (Å²) in [7, 11) is 3.92. The number of thioether (sulfide) groups is 1. The Morgan fingerprint density at radius 1 is 1.17 bits per heavy atom. The zero-order valence-corrected chi connectivity index (χ0v) is 18.8. The van der Waals surface area contributed by atoms with Crippen molar-refractivity contribution in [3.05, 3.63) is 35.1 Å². The summed E-state index contributed by atoms with van der Waals surface area (Å²) in [6.45, 7) is 2.65. The van der Waals surface area contributed by atoms with Gasteiger partial charge in [-0.15, -0.1) is 10.2 Å². The maximum Gasteiger partial charge on any atom is 0.233 e. The number of halogens is 1. The molecule has 2 rings (SSSR count). The number of nitriles is 2. The molecular weight excluding hydrogens is 422 g/mol. The number of nitrogens with zero attached hydrogens (tertiary/aromatic N) is 7. The summed E-state index contributed by atoms with van der Waals surface area (Å²) < 4.78 is 1.92. The van der Waals surface area contributed by atoms with Crippen LogP contribution in [-0.4, -0.2) is 63.4 Å². The van der Waals surface area contributed by atoms with Gasteiger partial charge in [0, 0.05) is 23.8 Å². The van der Waals surface area contributed by atoms with Crippen LogP contribution in [0.15, 0.2) is 29.4 Å². The molecule has 0 radical (unpaired) electrons. The maximum absolute atomic E-state index is 12.7. The predicted molar refractivity (Wildman–Crippen MR) is 116 cm³/mol. The first kappa shape index (κ1) is 23.7. The quantitative estimate of drug-likeness (QED) is 0.517. The van der Waals surface area contributed by atoms with Gasteiger partial charge in [-0.1, -0.05) is 23.4 Å². The van der Waals surface area contributed by atoms with Crippen LogP contribution in [0, 0.1) is 22.7 Å². The number of aromatic nitrogens is 3. The number of benzene rings is 1. The van der Waals surface area contributed by atoms with Gasteiger partial charge in [-0.05, 0) is 45.3 Å². The molecule has 0 aliphatic heterocycles. The van der Waals surface area contributed by atoms with E-state index in [9.17, 15) is 4.79 Å². The van der Waals surface area contributed by atoms with E-state index in [4.69, 9.17) is 22.1 Å². The highest BCUT2D eigenvalue weighted by molar-refractivity contribution is 7.99. The highest BCUT2D eigenvalue weighted by Gasteiger charge is 2.22. The highest BCUT2D eigenvalue weighted by atomic mass is 35.5. The van der Waals surface area contributed by atoms with Gasteiger partial charge in [0.15, 0.2) is 11.0 Å². The van der Waals surface area contributed by atoms with Crippen molar-refractivity contribution in [2.45, 2.75) is 31.0 Å². The zero-order chi connectivity index (χ0) is 22.1. The summed E-state index contributed by atoms with van der Waals surface area (Å²) in [6.07, 6.45) is 0.459. The fourth-order valence-electron chi connectivity index (χ4n) is 2.66. The average Bonchev–Trinajstić information content (AvgIpc) is 3.15. The lowest BCUT2D eigenvalue weighted by atomic mass is 10.2. The molecule has 8 nitrogen and oxygen atoms in total. The minimum Gasteiger partial charge on any atom is -0.340 e. The SMILES string of the molecule is CC(c1nnc(SCC(=O)N(CCC#N)CCC#N)n1-c1ccc(Cl)cc1)N(C)C. The maximum atomic E-state index is 12.7. The summed E-state index contributed by atoms with van der Waals surface area (Å²) >= 11 is 7.32. The molecule has 0 aliphatic rings. The topological polar surface area (TPSA) is 102 Å². The first-order valence-electron chi connectivity index (χ1n) is 9.41. The van der Waals surface area contributed by atoms with Crippen LogP contribution in [0.4, 0.5) is 0 Å². The summed E-state index contributed by atoms with van der Waals surface area (Å²) in [5.41, 5.74) is 0.855. The third-order valence-corrected chi connectivity index (χ3v) is 5.72. The number of carbonyl (C=O) groups excluding carboxylic acids is 1. The van der Waals surface area contributed by atoms with Gasteiger partial charge in [-0.2, -0.15) is 10.5 Å². The van der Waals surface area contributed by atoms with Gasteiger partial charge in [0.1, 0.15) is 0 Å². The number of rotatable bonds is 10. The van der Waals surface area contributed by atoms with Crippen molar-refractivity contribution in [1.29, 1.82) is 10.5 Å². The summed E-state index contributed by atoms with van der Waals surface area (Å²) in [6, 6.07) is 11.4. The average molecular weight is 446 g/mol. The van der Waals surface area contributed by atoms with Crippen LogP contribution in [0.2, 0.25) is 5.02 Å². The van der Waals surface area contributed by atoms with Gasteiger partial charge in [0.25, 0.3) is 0 Å². The lowest BCUT2D eigenvalue weighted by Crippen LogP contribution is -2.34. The molecule has 0 aliphatic carbocycles. The van der Waals surface area contributed by atoms with E-state index in [1.54, 1.807) is 17.0 Å². The molecule has 1 aromatic heterocycles. The van der Waals surface area contributed by atoms with Gasteiger partial charge in [-0.3, -0.25) is 14.3 Å². The molecule has 0 saturated carbocycles. The van der Waals surface area contributed by atoms with Crippen LogP contribution in [0.5, 0.6) is 0 Å². The smallest absolute Gasteiger partial charge is 0.233 e. The lowest BCUT2D eigenvalue weighted by molar-refractivity contribution is -0.128. The van der Waals surface area contributed by atoms with Crippen molar-refractivity contribution in [2.75, 3.05) is 32.9 Å². The second-order valence-corrected chi connectivity index (χ2v) is 8.16. The fraction of sp³-hybridized carbons (Fsp3) is 0.450. The van der Waals surface area contributed by atoms with Gasteiger partial charge >= 0.3 is 0 Å². The highest BCUT2D eigenvalue weighted by Crippen LogP contribution is 2.27. The number of hydrogen-bond acceptors (Lipinski definition) is 7.